The van der Waals surface area contributed by atoms with E-state index in [2.05, 4.69) is 15.5 Å². The van der Waals surface area contributed by atoms with Crippen LogP contribution in [0.25, 0.3) is 11.7 Å². The molecule has 0 aliphatic heterocycles. The SMILES string of the molecule is O=C(Cc1ccc(Cl)cc1)Nc1nnc(-c2ccco2)o1. The Kier molecular flexibility index (Phi) is 3.70. The second kappa shape index (κ2) is 5.80. The average molecular weight is 304 g/mol. The van der Waals surface area contributed by atoms with E-state index in [1.54, 1.807) is 36.4 Å². The zero-order valence-corrected chi connectivity index (χ0v) is 11.5. The number of anilines is 1. The van der Waals surface area contributed by atoms with E-state index >= 15 is 0 Å². The summed E-state index contributed by atoms with van der Waals surface area (Å²) in [5, 5.41) is 10.7. The van der Waals surface area contributed by atoms with E-state index in [1.165, 1.54) is 6.26 Å². The van der Waals surface area contributed by atoms with E-state index < -0.39 is 0 Å². The van der Waals surface area contributed by atoms with Gasteiger partial charge in [0.1, 0.15) is 0 Å². The number of amides is 1. The average Bonchev–Trinajstić information content (AvgIpc) is 3.12. The smallest absolute Gasteiger partial charge is 0.322 e. The van der Waals surface area contributed by atoms with Gasteiger partial charge in [-0.25, -0.2) is 0 Å². The molecule has 0 unspecified atom stereocenters. The third kappa shape index (κ3) is 3.29. The van der Waals surface area contributed by atoms with E-state index in [4.69, 9.17) is 20.4 Å². The number of benzene rings is 1. The van der Waals surface area contributed by atoms with Crippen molar-refractivity contribution in [1.82, 2.24) is 10.2 Å². The first-order chi connectivity index (χ1) is 10.2. The molecule has 6 nitrogen and oxygen atoms in total. The lowest BCUT2D eigenvalue weighted by molar-refractivity contribution is -0.115. The number of aromatic nitrogens is 2. The first kappa shape index (κ1) is 13.4. The van der Waals surface area contributed by atoms with Gasteiger partial charge in [0.15, 0.2) is 5.76 Å². The molecule has 0 bridgehead atoms. The Labute approximate surface area is 124 Å². The summed E-state index contributed by atoms with van der Waals surface area (Å²) in [5.41, 5.74) is 0.836. The van der Waals surface area contributed by atoms with Crippen LogP contribution in [0.5, 0.6) is 0 Å². The minimum absolute atomic E-state index is 0.0281. The normalized spacial score (nSPS) is 10.5. The van der Waals surface area contributed by atoms with Gasteiger partial charge in [0, 0.05) is 5.02 Å². The highest BCUT2D eigenvalue weighted by atomic mass is 35.5. The topological polar surface area (TPSA) is 81.2 Å². The second-order valence-electron chi connectivity index (χ2n) is 4.24. The molecule has 1 N–H and O–H groups in total. The van der Waals surface area contributed by atoms with Crippen LogP contribution >= 0.6 is 11.6 Å². The molecule has 0 atom stereocenters. The van der Waals surface area contributed by atoms with Gasteiger partial charge < -0.3 is 8.83 Å². The monoisotopic (exact) mass is 303 g/mol. The van der Waals surface area contributed by atoms with E-state index in [1.807, 2.05) is 0 Å². The molecule has 3 rings (SSSR count). The molecule has 0 spiro atoms. The van der Waals surface area contributed by atoms with E-state index in [-0.39, 0.29) is 24.2 Å². The van der Waals surface area contributed by atoms with Gasteiger partial charge in [-0.3, -0.25) is 10.1 Å². The maximum atomic E-state index is 11.9. The summed E-state index contributed by atoms with van der Waals surface area (Å²) >= 11 is 5.79. The van der Waals surface area contributed by atoms with Crippen molar-refractivity contribution < 1.29 is 13.6 Å². The lowest BCUT2D eigenvalue weighted by Gasteiger charge is -2.01. The van der Waals surface area contributed by atoms with Crippen LogP contribution in [0.2, 0.25) is 5.02 Å². The van der Waals surface area contributed by atoms with Crippen LogP contribution in [0, 0.1) is 0 Å². The molecule has 0 aliphatic carbocycles. The Morgan fingerprint density at radius 2 is 2.00 bits per heavy atom. The maximum absolute atomic E-state index is 11.9. The molecular formula is C14H10ClN3O3. The number of rotatable bonds is 4. The van der Waals surface area contributed by atoms with Crippen LogP contribution in [0.4, 0.5) is 6.01 Å². The molecular weight excluding hydrogens is 294 g/mol. The van der Waals surface area contributed by atoms with Gasteiger partial charge in [0.2, 0.25) is 5.91 Å². The Hall–Kier alpha value is -2.60. The second-order valence-corrected chi connectivity index (χ2v) is 4.68. The summed E-state index contributed by atoms with van der Waals surface area (Å²) < 4.78 is 10.4. The number of carbonyl (C=O) groups is 1. The minimum atomic E-state index is -0.257. The van der Waals surface area contributed by atoms with Gasteiger partial charge in [-0.05, 0) is 29.8 Å². The molecule has 0 fully saturated rings. The number of carbonyl (C=O) groups excluding carboxylic acids is 1. The Bertz CT molecular complexity index is 735. The Morgan fingerprint density at radius 3 is 2.71 bits per heavy atom. The molecule has 2 heterocycles. The molecule has 0 saturated heterocycles. The fourth-order valence-corrected chi connectivity index (χ4v) is 1.85. The molecule has 7 heteroatoms. The molecule has 3 aromatic rings. The summed E-state index contributed by atoms with van der Waals surface area (Å²) in [6, 6.07) is 10.4. The van der Waals surface area contributed by atoms with Crippen LogP contribution < -0.4 is 5.32 Å². The number of halogens is 1. The first-order valence-corrected chi connectivity index (χ1v) is 6.50. The molecule has 1 aromatic carbocycles. The zero-order chi connectivity index (χ0) is 14.7. The van der Waals surface area contributed by atoms with Gasteiger partial charge >= 0.3 is 6.01 Å². The van der Waals surface area contributed by atoms with E-state index in [9.17, 15) is 4.79 Å². The minimum Gasteiger partial charge on any atom is -0.459 e. The van der Waals surface area contributed by atoms with Crippen molar-refractivity contribution in [2.24, 2.45) is 0 Å². The van der Waals surface area contributed by atoms with Crippen LogP contribution in [-0.2, 0) is 11.2 Å². The van der Waals surface area contributed by atoms with Gasteiger partial charge in [-0.15, -0.1) is 5.10 Å². The summed E-state index contributed by atoms with van der Waals surface area (Å²) in [5.74, 6) is 0.398. The third-order valence-corrected chi connectivity index (χ3v) is 2.93. The number of nitrogens with zero attached hydrogens (tertiary/aromatic N) is 2. The summed E-state index contributed by atoms with van der Waals surface area (Å²) in [6.45, 7) is 0. The standard InChI is InChI=1S/C14H10ClN3O3/c15-10-5-3-9(4-6-10)8-12(19)16-14-18-17-13(21-14)11-2-1-7-20-11/h1-7H,8H2,(H,16,18,19). The van der Waals surface area contributed by atoms with Gasteiger partial charge in [0.05, 0.1) is 12.7 Å². The molecule has 0 aliphatic rings. The van der Waals surface area contributed by atoms with Gasteiger partial charge in [0.25, 0.3) is 5.89 Å². The lowest BCUT2D eigenvalue weighted by Crippen LogP contribution is -2.14. The fourth-order valence-electron chi connectivity index (χ4n) is 1.72. The van der Waals surface area contributed by atoms with Crippen molar-refractivity contribution in [3.63, 3.8) is 0 Å². The molecule has 1 amide bonds. The highest BCUT2D eigenvalue weighted by Gasteiger charge is 2.13. The maximum Gasteiger partial charge on any atom is 0.322 e. The molecule has 0 saturated carbocycles. The zero-order valence-electron chi connectivity index (χ0n) is 10.7. The van der Waals surface area contributed by atoms with Crippen molar-refractivity contribution in [1.29, 1.82) is 0 Å². The number of hydrogen-bond acceptors (Lipinski definition) is 5. The van der Waals surface area contributed by atoms with Gasteiger partial charge in [-0.2, -0.15) is 0 Å². The Balaban J connectivity index is 1.64. The van der Waals surface area contributed by atoms with Crippen molar-refractivity contribution in [2.75, 3.05) is 5.32 Å². The summed E-state index contributed by atoms with van der Waals surface area (Å²) in [6.07, 6.45) is 1.69. The third-order valence-electron chi connectivity index (χ3n) is 2.68. The lowest BCUT2D eigenvalue weighted by atomic mass is 10.1. The number of furan rings is 1. The summed E-state index contributed by atoms with van der Waals surface area (Å²) in [7, 11) is 0. The highest BCUT2D eigenvalue weighted by Crippen LogP contribution is 2.20. The predicted octanol–water partition coefficient (Wildman–Crippen LogP) is 3.16. The number of nitrogens with one attached hydrogen (secondary N) is 1. The van der Waals surface area contributed by atoms with Crippen LogP contribution in [0.15, 0.2) is 51.5 Å². The van der Waals surface area contributed by atoms with Crippen molar-refractivity contribution in [3.05, 3.63) is 53.2 Å². The van der Waals surface area contributed by atoms with Crippen molar-refractivity contribution in [2.45, 2.75) is 6.42 Å². The van der Waals surface area contributed by atoms with Gasteiger partial charge in [-0.1, -0.05) is 28.8 Å². The predicted molar refractivity (Wildman–Crippen MR) is 75.8 cm³/mol. The van der Waals surface area contributed by atoms with Crippen LogP contribution in [0.1, 0.15) is 5.56 Å². The number of hydrogen-bond donors (Lipinski definition) is 1. The molecule has 0 radical (unpaired) electrons. The largest absolute Gasteiger partial charge is 0.459 e. The molecule has 21 heavy (non-hydrogen) atoms. The summed E-state index contributed by atoms with van der Waals surface area (Å²) in [4.78, 5) is 11.9. The van der Waals surface area contributed by atoms with E-state index in [0.717, 1.165) is 5.56 Å². The molecule has 106 valence electrons. The fraction of sp³-hybridized carbons (Fsp3) is 0.0714. The van der Waals surface area contributed by atoms with Crippen LogP contribution in [0.3, 0.4) is 0 Å². The van der Waals surface area contributed by atoms with Crippen LogP contribution in [-0.4, -0.2) is 16.1 Å². The first-order valence-electron chi connectivity index (χ1n) is 6.12. The van der Waals surface area contributed by atoms with E-state index in [0.29, 0.717) is 10.8 Å². The van der Waals surface area contributed by atoms with Crippen molar-refractivity contribution in [3.8, 4) is 11.7 Å². The highest BCUT2D eigenvalue weighted by molar-refractivity contribution is 6.30. The molecule has 2 aromatic heterocycles. The Morgan fingerprint density at radius 1 is 1.19 bits per heavy atom. The quantitative estimate of drug-likeness (QED) is 0.800. The van der Waals surface area contributed by atoms with Crippen molar-refractivity contribution >= 4 is 23.5 Å².